The summed E-state index contributed by atoms with van der Waals surface area (Å²) < 4.78 is 0. The molecule has 4 nitrogen and oxygen atoms in total. The lowest BCUT2D eigenvalue weighted by molar-refractivity contribution is -0.140. The van der Waals surface area contributed by atoms with E-state index >= 15 is 0 Å². The van der Waals surface area contributed by atoms with Crippen LogP contribution in [0, 0.1) is 5.92 Å². The van der Waals surface area contributed by atoms with Crippen molar-refractivity contribution in [2.75, 3.05) is 6.54 Å². The molecule has 1 unspecified atom stereocenters. The summed E-state index contributed by atoms with van der Waals surface area (Å²) in [5.41, 5.74) is 1.06. The van der Waals surface area contributed by atoms with Crippen molar-refractivity contribution in [1.29, 1.82) is 0 Å². The standard InChI is InChI=1S/C10H14N2O2/c1-8(10(13)14)5-12-7-9-3-2-4-11-6-9/h2-4,6,8,12H,5,7H2,1H3,(H,13,14). The number of rotatable bonds is 5. The molecule has 0 saturated heterocycles. The molecular formula is C10H14N2O2. The van der Waals surface area contributed by atoms with Crippen LogP contribution in [0.1, 0.15) is 12.5 Å². The van der Waals surface area contributed by atoms with E-state index in [9.17, 15) is 4.79 Å². The summed E-state index contributed by atoms with van der Waals surface area (Å²) in [5.74, 6) is -1.13. The first-order valence-corrected chi connectivity index (χ1v) is 4.52. The normalized spacial score (nSPS) is 12.4. The van der Waals surface area contributed by atoms with Crippen LogP contribution in [-0.4, -0.2) is 22.6 Å². The summed E-state index contributed by atoms with van der Waals surface area (Å²) in [5, 5.41) is 11.7. The Hall–Kier alpha value is -1.42. The van der Waals surface area contributed by atoms with Gasteiger partial charge in [0, 0.05) is 25.5 Å². The fraction of sp³-hybridized carbons (Fsp3) is 0.400. The fourth-order valence-electron chi connectivity index (χ4n) is 1.02. The lowest BCUT2D eigenvalue weighted by Gasteiger charge is -2.07. The van der Waals surface area contributed by atoms with Gasteiger partial charge >= 0.3 is 5.97 Å². The SMILES string of the molecule is CC(CNCc1cccnc1)C(=O)O. The molecule has 0 fully saturated rings. The molecule has 4 heteroatoms. The van der Waals surface area contributed by atoms with Gasteiger partial charge in [-0.2, -0.15) is 0 Å². The molecule has 1 atom stereocenters. The van der Waals surface area contributed by atoms with Crippen LogP contribution in [0.2, 0.25) is 0 Å². The maximum absolute atomic E-state index is 10.5. The Kier molecular flexibility index (Phi) is 4.07. The minimum Gasteiger partial charge on any atom is -0.481 e. The first-order valence-electron chi connectivity index (χ1n) is 4.52. The molecule has 14 heavy (non-hydrogen) atoms. The third kappa shape index (κ3) is 3.53. The molecule has 1 aromatic heterocycles. The highest BCUT2D eigenvalue weighted by molar-refractivity contribution is 5.69. The highest BCUT2D eigenvalue weighted by atomic mass is 16.4. The smallest absolute Gasteiger partial charge is 0.307 e. The number of nitrogens with zero attached hydrogens (tertiary/aromatic N) is 1. The molecule has 1 rings (SSSR count). The lowest BCUT2D eigenvalue weighted by atomic mass is 10.2. The number of hydrogen-bond acceptors (Lipinski definition) is 3. The number of nitrogens with one attached hydrogen (secondary N) is 1. The second-order valence-electron chi connectivity index (χ2n) is 3.23. The molecule has 2 N–H and O–H groups in total. The monoisotopic (exact) mass is 194 g/mol. The van der Waals surface area contributed by atoms with Crippen molar-refractivity contribution in [3.05, 3.63) is 30.1 Å². The zero-order valence-electron chi connectivity index (χ0n) is 8.10. The van der Waals surface area contributed by atoms with Gasteiger partial charge in [0.25, 0.3) is 0 Å². The molecule has 0 aliphatic rings. The van der Waals surface area contributed by atoms with E-state index in [4.69, 9.17) is 5.11 Å². The number of aliphatic carboxylic acids is 1. The van der Waals surface area contributed by atoms with E-state index < -0.39 is 5.97 Å². The van der Waals surface area contributed by atoms with Gasteiger partial charge in [-0.3, -0.25) is 9.78 Å². The topological polar surface area (TPSA) is 62.2 Å². The number of carboxylic acid groups (broad SMARTS) is 1. The maximum atomic E-state index is 10.5. The predicted molar refractivity (Wildman–Crippen MR) is 52.7 cm³/mol. The molecule has 0 aliphatic heterocycles. The number of carboxylic acids is 1. The number of aromatic nitrogens is 1. The van der Waals surface area contributed by atoms with Crippen molar-refractivity contribution >= 4 is 5.97 Å². The minimum absolute atomic E-state index is 0.355. The largest absolute Gasteiger partial charge is 0.481 e. The molecule has 0 amide bonds. The van der Waals surface area contributed by atoms with E-state index in [1.165, 1.54) is 0 Å². The average Bonchev–Trinajstić information content (AvgIpc) is 2.19. The summed E-state index contributed by atoms with van der Waals surface area (Å²) >= 11 is 0. The summed E-state index contributed by atoms with van der Waals surface area (Å²) in [7, 11) is 0. The van der Waals surface area contributed by atoms with Gasteiger partial charge in [-0.05, 0) is 11.6 Å². The Morgan fingerprint density at radius 2 is 2.50 bits per heavy atom. The van der Waals surface area contributed by atoms with Gasteiger partial charge < -0.3 is 10.4 Å². The van der Waals surface area contributed by atoms with Crippen molar-refractivity contribution in [1.82, 2.24) is 10.3 Å². The van der Waals surface area contributed by atoms with Crippen LogP contribution in [0.5, 0.6) is 0 Å². The zero-order valence-corrected chi connectivity index (χ0v) is 8.10. The first kappa shape index (κ1) is 10.7. The van der Waals surface area contributed by atoms with Crippen molar-refractivity contribution in [3.63, 3.8) is 0 Å². The molecule has 0 bridgehead atoms. The fourth-order valence-corrected chi connectivity index (χ4v) is 1.02. The van der Waals surface area contributed by atoms with Gasteiger partial charge in [-0.15, -0.1) is 0 Å². The molecule has 0 aliphatic carbocycles. The van der Waals surface area contributed by atoms with E-state index in [-0.39, 0.29) is 5.92 Å². The Morgan fingerprint density at radius 3 is 3.07 bits per heavy atom. The summed E-state index contributed by atoms with van der Waals surface area (Å²) in [6, 6.07) is 3.81. The molecule has 1 aromatic rings. The van der Waals surface area contributed by atoms with Gasteiger partial charge in [-0.1, -0.05) is 13.0 Å². The second-order valence-corrected chi connectivity index (χ2v) is 3.23. The molecule has 0 aromatic carbocycles. The summed E-state index contributed by atoms with van der Waals surface area (Å²) in [4.78, 5) is 14.5. The number of carbonyl (C=O) groups is 1. The third-order valence-corrected chi connectivity index (χ3v) is 1.92. The van der Waals surface area contributed by atoms with Gasteiger partial charge in [0.05, 0.1) is 5.92 Å². The molecule has 0 saturated carbocycles. The van der Waals surface area contributed by atoms with Crippen LogP contribution in [-0.2, 0) is 11.3 Å². The Morgan fingerprint density at radius 1 is 1.71 bits per heavy atom. The van der Waals surface area contributed by atoms with E-state index in [0.717, 1.165) is 5.56 Å². The van der Waals surface area contributed by atoms with Crippen molar-refractivity contribution in [2.24, 2.45) is 5.92 Å². The van der Waals surface area contributed by atoms with Gasteiger partial charge in [0.1, 0.15) is 0 Å². The second kappa shape index (κ2) is 5.34. The van der Waals surface area contributed by atoms with Crippen molar-refractivity contribution in [3.8, 4) is 0 Å². The predicted octanol–water partition coefficient (Wildman–Crippen LogP) is 0.892. The van der Waals surface area contributed by atoms with Crippen molar-refractivity contribution < 1.29 is 9.90 Å². The van der Waals surface area contributed by atoms with Gasteiger partial charge in [0.2, 0.25) is 0 Å². The molecular weight excluding hydrogens is 180 g/mol. The lowest BCUT2D eigenvalue weighted by Crippen LogP contribution is -2.25. The number of hydrogen-bond donors (Lipinski definition) is 2. The van der Waals surface area contributed by atoms with E-state index in [2.05, 4.69) is 10.3 Å². The molecule has 76 valence electrons. The third-order valence-electron chi connectivity index (χ3n) is 1.92. The summed E-state index contributed by atoms with van der Waals surface area (Å²) in [6.45, 7) is 2.81. The quantitative estimate of drug-likeness (QED) is 0.730. The van der Waals surface area contributed by atoms with Crippen LogP contribution < -0.4 is 5.32 Å². The number of pyridine rings is 1. The Balaban J connectivity index is 2.26. The minimum atomic E-state index is -0.774. The van der Waals surface area contributed by atoms with E-state index in [1.54, 1.807) is 19.3 Å². The molecule has 0 spiro atoms. The van der Waals surface area contributed by atoms with Crippen LogP contribution in [0.4, 0.5) is 0 Å². The van der Waals surface area contributed by atoms with E-state index in [1.807, 2.05) is 12.1 Å². The van der Waals surface area contributed by atoms with Crippen molar-refractivity contribution in [2.45, 2.75) is 13.5 Å². The first-order chi connectivity index (χ1) is 6.70. The van der Waals surface area contributed by atoms with E-state index in [0.29, 0.717) is 13.1 Å². The molecule has 0 radical (unpaired) electrons. The van der Waals surface area contributed by atoms with Crippen LogP contribution in [0.25, 0.3) is 0 Å². The summed E-state index contributed by atoms with van der Waals surface area (Å²) in [6.07, 6.45) is 3.47. The van der Waals surface area contributed by atoms with Crippen LogP contribution >= 0.6 is 0 Å². The van der Waals surface area contributed by atoms with Crippen LogP contribution in [0.3, 0.4) is 0 Å². The van der Waals surface area contributed by atoms with Gasteiger partial charge in [0.15, 0.2) is 0 Å². The van der Waals surface area contributed by atoms with Crippen LogP contribution in [0.15, 0.2) is 24.5 Å². The van der Waals surface area contributed by atoms with Gasteiger partial charge in [-0.25, -0.2) is 0 Å². The zero-order chi connectivity index (χ0) is 10.4. The Bertz CT molecular complexity index is 287. The maximum Gasteiger partial charge on any atom is 0.307 e. The Labute approximate surface area is 83.0 Å². The average molecular weight is 194 g/mol. The highest BCUT2D eigenvalue weighted by Crippen LogP contribution is 1.96. The molecule has 1 heterocycles. The highest BCUT2D eigenvalue weighted by Gasteiger charge is 2.09.